The van der Waals surface area contributed by atoms with Crippen molar-refractivity contribution in [1.82, 2.24) is 15.4 Å². The first-order valence-electron chi connectivity index (χ1n) is 6.33. The highest BCUT2D eigenvalue weighted by atomic mass is 32.2. The lowest BCUT2D eigenvalue weighted by Crippen LogP contribution is -2.45. The molecule has 1 unspecified atom stereocenters. The minimum atomic E-state index is -3.18. The Morgan fingerprint density at radius 1 is 1.39 bits per heavy atom. The number of amides is 1. The van der Waals surface area contributed by atoms with Crippen LogP contribution in [0.15, 0.2) is 0 Å². The Balaban J connectivity index is 2.39. The molecule has 106 valence electrons. The summed E-state index contributed by atoms with van der Waals surface area (Å²) in [5.74, 6) is 0.0321. The van der Waals surface area contributed by atoms with Gasteiger partial charge in [-0.25, -0.2) is 13.1 Å². The summed E-state index contributed by atoms with van der Waals surface area (Å²) in [5, 5.41) is 6.04. The summed E-state index contributed by atoms with van der Waals surface area (Å²) in [6.45, 7) is 4.22. The van der Waals surface area contributed by atoms with E-state index in [1.165, 1.54) is 0 Å². The molecule has 18 heavy (non-hydrogen) atoms. The fourth-order valence-electron chi connectivity index (χ4n) is 2.34. The van der Waals surface area contributed by atoms with Gasteiger partial charge in [0.25, 0.3) is 0 Å². The highest BCUT2D eigenvalue weighted by Crippen LogP contribution is 2.31. The van der Waals surface area contributed by atoms with Crippen LogP contribution in [0.4, 0.5) is 0 Å². The van der Waals surface area contributed by atoms with Gasteiger partial charge in [-0.05, 0) is 19.4 Å². The average Bonchev–Trinajstić information content (AvgIpc) is 2.73. The SMILES string of the molecule is CCCC1(C(=O)NCCNS(C)(=O)=O)CCNC1. The van der Waals surface area contributed by atoms with E-state index in [4.69, 9.17) is 0 Å². The molecule has 0 aromatic heterocycles. The van der Waals surface area contributed by atoms with Crippen LogP contribution in [-0.4, -0.2) is 46.8 Å². The van der Waals surface area contributed by atoms with Crippen LogP contribution in [0.2, 0.25) is 0 Å². The van der Waals surface area contributed by atoms with Gasteiger partial charge in [-0.2, -0.15) is 0 Å². The summed E-state index contributed by atoms with van der Waals surface area (Å²) in [6.07, 6.45) is 3.79. The van der Waals surface area contributed by atoms with Gasteiger partial charge in [0, 0.05) is 19.6 Å². The van der Waals surface area contributed by atoms with Crippen molar-refractivity contribution in [3.05, 3.63) is 0 Å². The minimum Gasteiger partial charge on any atom is -0.354 e. The first-order valence-corrected chi connectivity index (χ1v) is 8.22. The molecule has 7 heteroatoms. The van der Waals surface area contributed by atoms with E-state index >= 15 is 0 Å². The normalized spacial score (nSPS) is 24.1. The highest BCUT2D eigenvalue weighted by molar-refractivity contribution is 7.88. The molecule has 0 radical (unpaired) electrons. The van der Waals surface area contributed by atoms with Crippen molar-refractivity contribution < 1.29 is 13.2 Å². The van der Waals surface area contributed by atoms with Gasteiger partial charge in [-0.15, -0.1) is 0 Å². The quantitative estimate of drug-likeness (QED) is 0.544. The van der Waals surface area contributed by atoms with E-state index in [0.29, 0.717) is 13.1 Å². The monoisotopic (exact) mass is 277 g/mol. The third-order valence-corrected chi connectivity index (χ3v) is 3.96. The van der Waals surface area contributed by atoms with Crippen molar-refractivity contribution in [3.8, 4) is 0 Å². The first kappa shape index (κ1) is 15.4. The zero-order chi connectivity index (χ0) is 13.6. The number of nitrogens with one attached hydrogen (secondary N) is 3. The topological polar surface area (TPSA) is 87.3 Å². The Kier molecular flexibility index (Phi) is 5.55. The standard InChI is InChI=1S/C11H23N3O3S/c1-3-4-11(5-6-12-9-11)10(15)13-7-8-14-18(2,16)17/h12,14H,3-9H2,1-2H3,(H,13,15). The molecule has 0 aromatic rings. The average molecular weight is 277 g/mol. The molecular weight excluding hydrogens is 254 g/mol. The summed E-state index contributed by atoms with van der Waals surface area (Å²) >= 11 is 0. The Morgan fingerprint density at radius 3 is 2.61 bits per heavy atom. The maximum absolute atomic E-state index is 12.2. The van der Waals surface area contributed by atoms with Crippen molar-refractivity contribution in [3.63, 3.8) is 0 Å². The molecule has 1 heterocycles. The van der Waals surface area contributed by atoms with Crippen LogP contribution in [0.25, 0.3) is 0 Å². The molecule has 3 N–H and O–H groups in total. The molecule has 0 bridgehead atoms. The van der Waals surface area contributed by atoms with E-state index in [1.807, 2.05) is 0 Å². The summed E-state index contributed by atoms with van der Waals surface area (Å²) in [6, 6.07) is 0. The number of sulfonamides is 1. The van der Waals surface area contributed by atoms with Crippen LogP contribution < -0.4 is 15.4 Å². The summed E-state index contributed by atoms with van der Waals surface area (Å²) in [5.41, 5.74) is -0.306. The molecule has 1 rings (SSSR count). The molecule has 6 nitrogen and oxygen atoms in total. The summed E-state index contributed by atoms with van der Waals surface area (Å²) in [4.78, 5) is 12.2. The van der Waals surface area contributed by atoms with Crippen molar-refractivity contribution in [2.45, 2.75) is 26.2 Å². The predicted octanol–water partition coefficient (Wildman–Crippen LogP) is -0.568. The molecule has 0 spiro atoms. The van der Waals surface area contributed by atoms with Crippen molar-refractivity contribution in [2.75, 3.05) is 32.4 Å². The van der Waals surface area contributed by atoms with Gasteiger partial charge in [0.15, 0.2) is 0 Å². The van der Waals surface area contributed by atoms with Crippen molar-refractivity contribution in [2.24, 2.45) is 5.41 Å². The van der Waals surface area contributed by atoms with E-state index < -0.39 is 10.0 Å². The number of hydrogen-bond donors (Lipinski definition) is 3. The molecule has 1 aliphatic rings. The van der Waals surface area contributed by atoms with E-state index in [2.05, 4.69) is 22.3 Å². The van der Waals surface area contributed by atoms with Crippen LogP contribution in [0.3, 0.4) is 0 Å². The maximum atomic E-state index is 12.2. The van der Waals surface area contributed by atoms with Gasteiger partial charge < -0.3 is 10.6 Å². The fourth-order valence-corrected chi connectivity index (χ4v) is 2.82. The van der Waals surface area contributed by atoms with Gasteiger partial charge in [-0.3, -0.25) is 4.79 Å². The lowest BCUT2D eigenvalue weighted by molar-refractivity contribution is -0.130. The second-order valence-corrected chi connectivity index (χ2v) is 6.71. The molecule has 1 saturated heterocycles. The molecule has 1 amide bonds. The molecule has 0 aromatic carbocycles. The van der Waals surface area contributed by atoms with Crippen LogP contribution in [0.5, 0.6) is 0 Å². The van der Waals surface area contributed by atoms with Gasteiger partial charge in [-0.1, -0.05) is 13.3 Å². The number of rotatable bonds is 7. The molecular formula is C11H23N3O3S. The second kappa shape index (κ2) is 6.49. The minimum absolute atomic E-state index is 0.0321. The Hall–Kier alpha value is -0.660. The maximum Gasteiger partial charge on any atom is 0.227 e. The predicted molar refractivity (Wildman–Crippen MR) is 70.7 cm³/mol. The molecule has 1 atom stereocenters. The molecule has 0 aliphatic carbocycles. The zero-order valence-corrected chi connectivity index (χ0v) is 11.9. The Bertz CT molecular complexity index is 375. The zero-order valence-electron chi connectivity index (χ0n) is 11.1. The number of hydrogen-bond acceptors (Lipinski definition) is 4. The van der Waals surface area contributed by atoms with E-state index in [9.17, 15) is 13.2 Å². The first-order chi connectivity index (χ1) is 8.40. The summed E-state index contributed by atoms with van der Waals surface area (Å²) < 4.78 is 24.1. The molecule has 0 saturated carbocycles. The van der Waals surface area contributed by atoms with Crippen molar-refractivity contribution in [1.29, 1.82) is 0 Å². The number of carbonyl (C=O) groups excluding carboxylic acids is 1. The molecule has 1 aliphatic heterocycles. The lowest BCUT2D eigenvalue weighted by atomic mass is 9.81. The Morgan fingerprint density at radius 2 is 2.11 bits per heavy atom. The Labute approximate surface area is 109 Å². The van der Waals surface area contributed by atoms with E-state index in [0.717, 1.165) is 32.1 Å². The lowest BCUT2D eigenvalue weighted by Gasteiger charge is -2.26. The second-order valence-electron chi connectivity index (χ2n) is 4.88. The summed E-state index contributed by atoms with van der Waals surface area (Å²) in [7, 11) is -3.18. The van der Waals surface area contributed by atoms with Gasteiger partial charge in [0.1, 0.15) is 0 Å². The largest absolute Gasteiger partial charge is 0.354 e. The van der Waals surface area contributed by atoms with Gasteiger partial charge >= 0.3 is 0 Å². The van der Waals surface area contributed by atoms with Gasteiger partial charge in [0.05, 0.1) is 11.7 Å². The highest BCUT2D eigenvalue weighted by Gasteiger charge is 2.39. The molecule has 1 fully saturated rings. The smallest absolute Gasteiger partial charge is 0.227 e. The van der Waals surface area contributed by atoms with Crippen molar-refractivity contribution >= 4 is 15.9 Å². The van der Waals surface area contributed by atoms with E-state index in [-0.39, 0.29) is 17.9 Å². The third kappa shape index (κ3) is 4.55. The van der Waals surface area contributed by atoms with Crippen LogP contribution in [-0.2, 0) is 14.8 Å². The fraction of sp³-hybridized carbons (Fsp3) is 0.909. The van der Waals surface area contributed by atoms with Gasteiger partial charge in [0.2, 0.25) is 15.9 Å². The van der Waals surface area contributed by atoms with Crippen LogP contribution >= 0.6 is 0 Å². The third-order valence-electron chi connectivity index (χ3n) is 3.23. The van der Waals surface area contributed by atoms with Crippen LogP contribution in [0.1, 0.15) is 26.2 Å². The van der Waals surface area contributed by atoms with E-state index in [1.54, 1.807) is 0 Å². The van der Waals surface area contributed by atoms with Crippen LogP contribution in [0, 0.1) is 5.41 Å². The number of carbonyl (C=O) groups is 1.